The first kappa shape index (κ1) is 29.6. The van der Waals surface area contributed by atoms with E-state index in [1.807, 2.05) is 0 Å². The Balaban J connectivity index is 1.81. The van der Waals surface area contributed by atoms with Gasteiger partial charge in [0, 0.05) is 6.61 Å². The lowest BCUT2D eigenvalue weighted by Gasteiger charge is -2.43. The van der Waals surface area contributed by atoms with Crippen molar-refractivity contribution in [2.24, 2.45) is 5.92 Å². The molecule has 194 valence electrons. The molecule has 0 saturated heterocycles. The van der Waals surface area contributed by atoms with Crippen LogP contribution in [-0.4, -0.2) is 14.9 Å². The average Bonchev–Trinajstić information content (AvgIpc) is 2.85. The first-order chi connectivity index (χ1) is 16.9. The molecule has 0 aliphatic heterocycles. The van der Waals surface area contributed by atoms with E-state index in [-0.39, 0.29) is 5.04 Å². The summed E-state index contributed by atoms with van der Waals surface area (Å²) in [5.41, 5.74) is 0. The third-order valence-electron chi connectivity index (χ3n) is 7.29. The fraction of sp³-hybridized carbons (Fsp3) is 0.576. The van der Waals surface area contributed by atoms with Gasteiger partial charge in [-0.05, 0) is 59.9 Å². The number of rotatable bonds is 17. The van der Waals surface area contributed by atoms with Crippen LogP contribution in [0.5, 0.6) is 0 Å². The Hall–Kier alpha value is -1.64. The Kier molecular flexibility index (Phi) is 13.7. The van der Waals surface area contributed by atoms with E-state index < -0.39 is 8.32 Å². The lowest BCUT2D eigenvalue weighted by molar-refractivity contribution is 0.275. The molecule has 0 aliphatic carbocycles. The Morgan fingerprint density at radius 1 is 0.714 bits per heavy atom. The number of unbranched alkanes of at least 4 members (excludes halogenated alkanes) is 6. The highest BCUT2D eigenvalue weighted by atomic mass is 28.4. The summed E-state index contributed by atoms with van der Waals surface area (Å²) in [4.78, 5) is 0. The zero-order chi connectivity index (χ0) is 25.4. The molecule has 0 bridgehead atoms. The molecule has 2 heteroatoms. The van der Waals surface area contributed by atoms with Gasteiger partial charge in [-0.25, -0.2) is 0 Å². The summed E-state index contributed by atoms with van der Waals surface area (Å²) in [5, 5.41) is 2.82. The van der Waals surface area contributed by atoms with E-state index in [0.717, 1.165) is 18.9 Å². The van der Waals surface area contributed by atoms with Gasteiger partial charge in [0.1, 0.15) is 0 Å². The van der Waals surface area contributed by atoms with Crippen LogP contribution in [0.15, 0.2) is 72.8 Å². The third-order valence-corrected chi connectivity index (χ3v) is 12.3. The first-order valence-electron chi connectivity index (χ1n) is 14.3. The topological polar surface area (TPSA) is 9.23 Å². The van der Waals surface area contributed by atoms with Crippen molar-refractivity contribution in [3.8, 4) is 0 Å². The minimum Gasteiger partial charge on any atom is -0.407 e. The molecule has 0 unspecified atom stereocenters. The van der Waals surface area contributed by atoms with E-state index in [2.05, 4.69) is 107 Å². The van der Waals surface area contributed by atoms with Crippen molar-refractivity contribution in [2.45, 2.75) is 110 Å². The summed E-state index contributed by atoms with van der Waals surface area (Å²) < 4.78 is 7.05. The molecular formula is C33H52OSi. The van der Waals surface area contributed by atoms with Crippen molar-refractivity contribution in [1.29, 1.82) is 0 Å². The molecule has 0 saturated carbocycles. The summed E-state index contributed by atoms with van der Waals surface area (Å²) in [6.45, 7) is 12.6. The van der Waals surface area contributed by atoms with Gasteiger partial charge >= 0.3 is 0 Å². The minimum absolute atomic E-state index is 0.0613. The average molecular weight is 493 g/mol. The van der Waals surface area contributed by atoms with Crippen molar-refractivity contribution in [1.82, 2.24) is 0 Å². The molecule has 0 aliphatic rings. The Bertz CT molecular complexity index is 766. The fourth-order valence-corrected chi connectivity index (χ4v) is 9.85. The summed E-state index contributed by atoms with van der Waals surface area (Å²) in [5.74, 6) is 0.780. The molecule has 2 aromatic carbocycles. The van der Waals surface area contributed by atoms with Crippen LogP contribution in [0.3, 0.4) is 0 Å². The Labute approximate surface area is 218 Å². The number of allylic oxidation sites excluding steroid dienone is 2. The van der Waals surface area contributed by atoms with Crippen molar-refractivity contribution in [3.05, 3.63) is 72.8 Å². The molecule has 0 N–H and O–H groups in total. The van der Waals surface area contributed by atoms with Gasteiger partial charge in [-0.1, -0.05) is 140 Å². The largest absolute Gasteiger partial charge is 0.407 e. The summed E-state index contributed by atoms with van der Waals surface area (Å²) >= 11 is 0. The summed E-state index contributed by atoms with van der Waals surface area (Å²) in [6, 6.07) is 22.0. The van der Waals surface area contributed by atoms with Crippen LogP contribution in [0.4, 0.5) is 0 Å². The van der Waals surface area contributed by atoms with Gasteiger partial charge in [-0.2, -0.15) is 0 Å². The van der Waals surface area contributed by atoms with Gasteiger partial charge in [-0.15, -0.1) is 0 Å². The van der Waals surface area contributed by atoms with E-state index >= 15 is 0 Å². The first-order valence-corrected chi connectivity index (χ1v) is 16.2. The minimum atomic E-state index is -2.38. The van der Waals surface area contributed by atoms with Gasteiger partial charge in [0.25, 0.3) is 8.32 Å². The quantitative estimate of drug-likeness (QED) is 0.121. The highest BCUT2D eigenvalue weighted by Gasteiger charge is 2.49. The van der Waals surface area contributed by atoms with Gasteiger partial charge in [-0.3, -0.25) is 0 Å². The van der Waals surface area contributed by atoms with Crippen molar-refractivity contribution in [2.75, 3.05) is 6.61 Å². The van der Waals surface area contributed by atoms with Crippen molar-refractivity contribution in [3.63, 3.8) is 0 Å². The molecule has 0 amide bonds. The van der Waals surface area contributed by atoms with Crippen LogP contribution < -0.4 is 10.4 Å². The maximum atomic E-state index is 7.05. The van der Waals surface area contributed by atoms with Crippen molar-refractivity contribution >= 4 is 18.7 Å². The number of hydrogen-bond acceptors (Lipinski definition) is 1. The SMILES string of the molecule is CCCCC/C=C/CCCCC[C@H](C)CCCO[Si](c1ccccc1)(c1ccccc1)C(C)(C)C. The standard InChI is InChI=1S/C33H52OSi/c1-6-7-8-9-10-11-12-13-14-17-23-30(2)24-22-29-34-35(33(3,4)5,31-25-18-15-19-26-31)32-27-20-16-21-28-32/h10-11,15-16,18-21,25-28,30H,6-9,12-14,17,22-24,29H2,1-5H3/b11-10+/t30-/m0/s1. The predicted octanol–water partition coefficient (Wildman–Crippen LogP) is 9.07. The molecule has 35 heavy (non-hydrogen) atoms. The van der Waals surface area contributed by atoms with Crippen LogP contribution in [0, 0.1) is 5.92 Å². The molecule has 2 rings (SSSR count). The maximum Gasteiger partial charge on any atom is 0.261 e. The van der Waals surface area contributed by atoms with Crippen LogP contribution >= 0.6 is 0 Å². The van der Waals surface area contributed by atoms with E-state index in [4.69, 9.17) is 4.43 Å². The monoisotopic (exact) mass is 492 g/mol. The lowest BCUT2D eigenvalue weighted by Crippen LogP contribution is -2.66. The molecule has 1 atom stereocenters. The second-order valence-electron chi connectivity index (χ2n) is 11.4. The molecule has 1 nitrogen and oxygen atoms in total. The molecule has 2 aromatic rings. The molecule has 0 radical (unpaired) electrons. The third kappa shape index (κ3) is 9.73. The number of hydrogen-bond donors (Lipinski definition) is 0. The fourth-order valence-electron chi connectivity index (χ4n) is 5.24. The Morgan fingerprint density at radius 2 is 1.23 bits per heavy atom. The van der Waals surface area contributed by atoms with Gasteiger partial charge in [0.15, 0.2) is 0 Å². The molecule has 0 fully saturated rings. The zero-order valence-electron chi connectivity index (χ0n) is 23.4. The zero-order valence-corrected chi connectivity index (χ0v) is 24.4. The van der Waals surface area contributed by atoms with Crippen LogP contribution in [0.2, 0.25) is 5.04 Å². The van der Waals surface area contributed by atoms with Crippen LogP contribution in [0.25, 0.3) is 0 Å². The molecule has 0 spiro atoms. The Morgan fingerprint density at radius 3 is 1.74 bits per heavy atom. The predicted molar refractivity (Wildman–Crippen MR) is 158 cm³/mol. The molecule has 0 aromatic heterocycles. The van der Waals surface area contributed by atoms with E-state index in [9.17, 15) is 0 Å². The lowest BCUT2D eigenvalue weighted by atomic mass is 9.98. The maximum absolute atomic E-state index is 7.05. The van der Waals surface area contributed by atoms with Crippen molar-refractivity contribution < 1.29 is 4.43 Å². The smallest absolute Gasteiger partial charge is 0.261 e. The van der Waals surface area contributed by atoms with E-state index in [1.54, 1.807) is 0 Å². The highest BCUT2D eigenvalue weighted by Crippen LogP contribution is 2.37. The van der Waals surface area contributed by atoms with Crippen LogP contribution in [0.1, 0.15) is 105 Å². The van der Waals surface area contributed by atoms with Gasteiger partial charge in [0.05, 0.1) is 0 Å². The van der Waals surface area contributed by atoms with Gasteiger partial charge in [0.2, 0.25) is 0 Å². The molecular weight excluding hydrogens is 440 g/mol. The highest BCUT2D eigenvalue weighted by molar-refractivity contribution is 6.99. The van der Waals surface area contributed by atoms with Gasteiger partial charge < -0.3 is 4.43 Å². The van der Waals surface area contributed by atoms with E-state index in [0.29, 0.717) is 0 Å². The summed E-state index contributed by atoms with van der Waals surface area (Å²) in [7, 11) is -2.38. The van der Waals surface area contributed by atoms with Crippen LogP contribution in [-0.2, 0) is 4.43 Å². The normalized spacial score (nSPS) is 13.4. The molecule has 0 heterocycles. The second-order valence-corrected chi connectivity index (χ2v) is 15.7. The second kappa shape index (κ2) is 16.2. The number of benzene rings is 2. The summed E-state index contributed by atoms with van der Waals surface area (Å²) in [6.07, 6.45) is 19.2. The van der Waals surface area contributed by atoms with E-state index in [1.165, 1.54) is 74.6 Å².